The maximum absolute atomic E-state index is 10.0. The van der Waals surface area contributed by atoms with Gasteiger partial charge in [-0.2, -0.15) is 0 Å². The van der Waals surface area contributed by atoms with Gasteiger partial charge in [-0.1, -0.05) is 19.8 Å². The molecule has 3 nitrogen and oxygen atoms in total. The predicted molar refractivity (Wildman–Crippen MR) is 77.8 cm³/mol. The van der Waals surface area contributed by atoms with Gasteiger partial charge in [0, 0.05) is 25.6 Å². The number of aliphatic hydroxyl groups is 1. The molecule has 0 aromatic rings. The smallest absolute Gasteiger partial charge is 0.0583 e. The average Bonchev–Trinajstić information content (AvgIpc) is 2.92. The molecule has 2 aliphatic carbocycles. The van der Waals surface area contributed by atoms with Crippen molar-refractivity contribution in [2.24, 2.45) is 28.9 Å². The number of aliphatic hydroxyl groups excluding tert-OH is 1. The van der Waals surface area contributed by atoms with Crippen LogP contribution in [0.25, 0.3) is 0 Å². The summed E-state index contributed by atoms with van der Waals surface area (Å²) < 4.78 is 0. The van der Waals surface area contributed by atoms with E-state index in [0.717, 1.165) is 31.3 Å². The topological polar surface area (TPSA) is 49.5 Å². The Balaban J connectivity index is 1.61. The lowest BCUT2D eigenvalue weighted by molar-refractivity contribution is 0.0842. The Bertz CT molecular complexity index is 322. The molecule has 2 saturated carbocycles. The van der Waals surface area contributed by atoms with E-state index in [0.29, 0.717) is 11.3 Å². The van der Waals surface area contributed by atoms with Crippen molar-refractivity contribution in [1.29, 1.82) is 0 Å². The van der Waals surface area contributed by atoms with Crippen LogP contribution in [-0.4, -0.2) is 42.3 Å². The van der Waals surface area contributed by atoms with Crippen LogP contribution in [0.2, 0.25) is 0 Å². The van der Waals surface area contributed by atoms with Crippen molar-refractivity contribution in [2.45, 2.75) is 51.6 Å². The molecule has 3 aliphatic rings. The third-order valence-corrected chi connectivity index (χ3v) is 6.07. The fraction of sp³-hybridized carbons (Fsp3) is 1.00. The lowest BCUT2D eigenvalue weighted by atomic mass is 9.70. The number of fused-ring (bicyclic) bond motifs is 1. The van der Waals surface area contributed by atoms with Gasteiger partial charge in [-0.3, -0.25) is 0 Å². The Labute approximate surface area is 117 Å². The van der Waals surface area contributed by atoms with E-state index in [1.54, 1.807) is 0 Å². The van der Waals surface area contributed by atoms with Crippen LogP contribution in [0.15, 0.2) is 0 Å². The van der Waals surface area contributed by atoms with E-state index in [2.05, 4.69) is 11.8 Å². The Kier molecular flexibility index (Phi) is 3.89. The molecular formula is C16H30N2O. The lowest BCUT2D eigenvalue weighted by Gasteiger charge is -2.42. The van der Waals surface area contributed by atoms with Gasteiger partial charge in [0.2, 0.25) is 0 Å². The van der Waals surface area contributed by atoms with E-state index >= 15 is 0 Å². The van der Waals surface area contributed by atoms with Gasteiger partial charge < -0.3 is 15.7 Å². The number of nitrogens with zero attached hydrogens (tertiary/aromatic N) is 1. The number of nitrogens with two attached hydrogens (primary N) is 1. The number of likely N-dealkylation sites (tertiary alicyclic amines) is 1. The molecule has 0 spiro atoms. The zero-order valence-electron chi connectivity index (χ0n) is 12.4. The van der Waals surface area contributed by atoms with Crippen LogP contribution in [0.1, 0.15) is 45.4 Å². The molecular weight excluding hydrogens is 236 g/mol. The molecule has 0 amide bonds. The van der Waals surface area contributed by atoms with Crippen LogP contribution < -0.4 is 5.73 Å². The maximum Gasteiger partial charge on any atom is 0.0583 e. The molecule has 3 heteroatoms. The van der Waals surface area contributed by atoms with Gasteiger partial charge in [0.05, 0.1) is 6.10 Å². The fourth-order valence-electron chi connectivity index (χ4n) is 5.09. The van der Waals surface area contributed by atoms with Gasteiger partial charge in [0.15, 0.2) is 0 Å². The highest BCUT2D eigenvalue weighted by atomic mass is 16.3. The third-order valence-electron chi connectivity index (χ3n) is 6.07. The summed E-state index contributed by atoms with van der Waals surface area (Å²) in [5, 5.41) is 10.0. The highest BCUT2D eigenvalue weighted by Crippen LogP contribution is 2.43. The van der Waals surface area contributed by atoms with Gasteiger partial charge in [-0.05, 0) is 49.5 Å². The summed E-state index contributed by atoms with van der Waals surface area (Å²) in [5.41, 5.74) is 6.51. The summed E-state index contributed by atoms with van der Waals surface area (Å²) in [6.45, 7) is 6.71. The second-order valence-corrected chi connectivity index (χ2v) is 7.67. The Morgan fingerprint density at radius 3 is 2.79 bits per heavy atom. The highest BCUT2D eigenvalue weighted by molar-refractivity contribution is 4.97. The first-order valence-electron chi connectivity index (χ1n) is 8.22. The molecule has 1 saturated heterocycles. The molecule has 110 valence electrons. The van der Waals surface area contributed by atoms with Crippen molar-refractivity contribution in [3.05, 3.63) is 0 Å². The van der Waals surface area contributed by atoms with E-state index < -0.39 is 0 Å². The van der Waals surface area contributed by atoms with Crippen LogP contribution >= 0.6 is 0 Å². The molecule has 5 unspecified atom stereocenters. The zero-order valence-corrected chi connectivity index (χ0v) is 12.4. The van der Waals surface area contributed by atoms with Crippen LogP contribution in [-0.2, 0) is 0 Å². The van der Waals surface area contributed by atoms with Crippen LogP contribution in [0.5, 0.6) is 0 Å². The highest BCUT2D eigenvalue weighted by Gasteiger charge is 2.44. The summed E-state index contributed by atoms with van der Waals surface area (Å²) >= 11 is 0. The Morgan fingerprint density at radius 1 is 1.26 bits per heavy atom. The van der Waals surface area contributed by atoms with Crippen LogP contribution in [0.3, 0.4) is 0 Å². The first kappa shape index (κ1) is 13.8. The zero-order chi connectivity index (χ0) is 13.5. The molecule has 1 heterocycles. The fourth-order valence-corrected chi connectivity index (χ4v) is 5.09. The van der Waals surface area contributed by atoms with Crippen molar-refractivity contribution in [3.63, 3.8) is 0 Å². The van der Waals surface area contributed by atoms with Crippen molar-refractivity contribution in [1.82, 2.24) is 4.90 Å². The normalized spacial score (nSPS) is 47.5. The van der Waals surface area contributed by atoms with E-state index in [1.165, 1.54) is 45.2 Å². The average molecular weight is 266 g/mol. The molecule has 0 aromatic heterocycles. The van der Waals surface area contributed by atoms with Gasteiger partial charge in [-0.15, -0.1) is 0 Å². The van der Waals surface area contributed by atoms with E-state index in [9.17, 15) is 5.11 Å². The van der Waals surface area contributed by atoms with Gasteiger partial charge in [-0.25, -0.2) is 0 Å². The molecule has 19 heavy (non-hydrogen) atoms. The molecule has 0 aromatic carbocycles. The summed E-state index contributed by atoms with van der Waals surface area (Å²) in [4.78, 5) is 2.61. The SMILES string of the molecule is CC1CCCC(CN)(CN2CC3CCC(O)C3C2)C1. The van der Waals surface area contributed by atoms with Crippen molar-refractivity contribution < 1.29 is 5.11 Å². The second kappa shape index (κ2) is 5.34. The molecule has 3 rings (SSSR count). The molecule has 1 aliphatic heterocycles. The molecule has 3 fully saturated rings. The standard InChI is InChI=1S/C16H30N2O/c1-12-3-2-6-16(7-12,10-17)11-18-8-13-4-5-15(19)14(13)9-18/h12-15,19H,2-11,17H2,1H3. The number of hydrogen-bond donors (Lipinski definition) is 2. The second-order valence-electron chi connectivity index (χ2n) is 7.67. The largest absolute Gasteiger partial charge is 0.393 e. The van der Waals surface area contributed by atoms with Crippen LogP contribution in [0, 0.1) is 23.2 Å². The minimum absolute atomic E-state index is 0.0332. The van der Waals surface area contributed by atoms with E-state index in [1.807, 2.05) is 0 Å². The first-order chi connectivity index (χ1) is 9.12. The van der Waals surface area contributed by atoms with Crippen molar-refractivity contribution in [2.75, 3.05) is 26.2 Å². The minimum Gasteiger partial charge on any atom is -0.393 e. The van der Waals surface area contributed by atoms with Crippen molar-refractivity contribution >= 4 is 0 Å². The van der Waals surface area contributed by atoms with Gasteiger partial charge >= 0.3 is 0 Å². The maximum atomic E-state index is 10.0. The van der Waals surface area contributed by atoms with Crippen molar-refractivity contribution in [3.8, 4) is 0 Å². The number of hydrogen-bond acceptors (Lipinski definition) is 3. The molecule has 3 N–H and O–H groups in total. The van der Waals surface area contributed by atoms with E-state index in [4.69, 9.17) is 5.73 Å². The predicted octanol–water partition coefficient (Wildman–Crippen LogP) is 1.84. The summed E-state index contributed by atoms with van der Waals surface area (Å²) in [6, 6.07) is 0. The summed E-state index contributed by atoms with van der Waals surface area (Å²) in [5.74, 6) is 2.15. The molecule has 0 bridgehead atoms. The van der Waals surface area contributed by atoms with Crippen LogP contribution in [0.4, 0.5) is 0 Å². The van der Waals surface area contributed by atoms with E-state index in [-0.39, 0.29) is 6.10 Å². The molecule has 0 radical (unpaired) electrons. The first-order valence-corrected chi connectivity index (χ1v) is 8.22. The lowest BCUT2D eigenvalue weighted by Crippen LogP contribution is -2.45. The number of rotatable bonds is 3. The monoisotopic (exact) mass is 266 g/mol. The summed E-state index contributed by atoms with van der Waals surface area (Å²) in [6.07, 6.45) is 7.57. The minimum atomic E-state index is -0.0332. The van der Waals surface area contributed by atoms with Gasteiger partial charge in [0.1, 0.15) is 0 Å². The van der Waals surface area contributed by atoms with Gasteiger partial charge in [0.25, 0.3) is 0 Å². The Morgan fingerprint density at radius 2 is 2.11 bits per heavy atom. The molecule has 5 atom stereocenters. The Hall–Kier alpha value is -0.120. The summed E-state index contributed by atoms with van der Waals surface area (Å²) in [7, 11) is 0. The third kappa shape index (κ3) is 2.70. The quantitative estimate of drug-likeness (QED) is 0.819.